The smallest absolute Gasteiger partial charge is 0.259 e. The number of hydrogen-bond acceptors (Lipinski definition) is 3. The van der Waals surface area contributed by atoms with Crippen molar-refractivity contribution < 1.29 is 14.7 Å². The van der Waals surface area contributed by atoms with Gasteiger partial charge in [0.05, 0.1) is 6.04 Å². The Bertz CT molecular complexity index is 572. The van der Waals surface area contributed by atoms with Crippen molar-refractivity contribution in [3.05, 3.63) is 41.0 Å². The molecule has 1 aromatic carbocycles. The van der Waals surface area contributed by atoms with Crippen LogP contribution in [0.25, 0.3) is 5.76 Å². The van der Waals surface area contributed by atoms with Crippen LogP contribution in [0.4, 0.5) is 0 Å². The van der Waals surface area contributed by atoms with Gasteiger partial charge in [-0.15, -0.1) is 0 Å². The minimum absolute atomic E-state index is 0.0507. The third kappa shape index (κ3) is 2.46. The molecule has 0 radical (unpaired) electrons. The van der Waals surface area contributed by atoms with E-state index >= 15 is 0 Å². The van der Waals surface area contributed by atoms with E-state index in [0.717, 1.165) is 12.0 Å². The Morgan fingerprint density at radius 2 is 1.90 bits per heavy atom. The molecule has 20 heavy (non-hydrogen) atoms. The average molecular weight is 273 g/mol. The number of aliphatic hydroxyl groups is 1. The lowest BCUT2D eigenvalue weighted by molar-refractivity contribution is -0.117. The van der Waals surface area contributed by atoms with E-state index in [4.69, 9.17) is 0 Å². The lowest BCUT2D eigenvalue weighted by Gasteiger charge is -2.14. The summed E-state index contributed by atoms with van der Waals surface area (Å²) < 4.78 is 0. The van der Waals surface area contributed by atoms with Gasteiger partial charge in [-0.1, -0.05) is 50.1 Å². The van der Waals surface area contributed by atoms with Crippen molar-refractivity contribution in [1.29, 1.82) is 0 Å². The second-order valence-electron chi connectivity index (χ2n) is 5.29. The lowest BCUT2D eigenvalue weighted by Crippen LogP contribution is -2.35. The third-order valence-electron chi connectivity index (χ3n) is 3.82. The van der Waals surface area contributed by atoms with Gasteiger partial charge in [0.2, 0.25) is 0 Å². The standard InChI is InChI=1S/C16H19NO3/c1-4-10(3)13-15(19)12(16(20)17-13)14(18)11-7-5-9(2)6-8-11/h5-8,10,13,18H,4H2,1-3H3,(H,17,20)/b14-12-/t10-,13-/m0/s1. The highest BCUT2D eigenvalue weighted by molar-refractivity contribution is 6.30. The van der Waals surface area contributed by atoms with E-state index in [0.29, 0.717) is 5.56 Å². The molecule has 1 saturated heterocycles. The van der Waals surface area contributed by atoms with Crippen LogP contribution < -0.4 is 5.32 Å². The molecule has 1 aliphatic heterocycles. The van der Waals surface area contributed by atoms with Gasteiger partial charge in [-0.25, -0.2) is 0 Å². The average Bonchev–Trinajstić information content (AvgIpc) is 2.73. The summed E-state index contributed by atoms with van der Waals surface area (Å²) in [5.74, 6) is -0.992. The Morgan fingerprint density at radius 1 is 1.30 bits per heavy atom. The summed E-state index contributed by atoms with van der Waals surface area (Å²) in [6.07, 6.45) is 0.787. The summed E-state index contributed by atoms with van der Waals surface area (Å²) >= 11 is 0. The summed E-state index contributed by atoms with van der Waals surface area (Å²) in [7, 11) is 0. The lowest BCUT2D eigenvalue weighted by atomic mass is 9.94. The minimum Gasteiger partial charge on any atom is -0.506 e. The molecule has 1 fully saturated rings. The maximum Gasteiger partial charge on any atom is 0.259 e. The zero-order valence-electron chi connectivity index (χ0n) is 11.9. The third-order valence-corrected chi connectivity index (χ3v) is 3.82. The Morgan fingerprint density at radius 3 is 2.45 bits per heavy atom. The van der Waals surface area contributed by atoms with Crippen LogP contribution in [0.3, 0.4) is 0 Å². The normalized spacial score (nSPS) is 22.6. The SMILES string of the molecule is CC[C@H](C)[C@@H]1NC(=O)/C(=C(\O)c2ccc(C)cc2)C1=O. The van der Waals surface area contributed by atoms with Crippen molar-refractivity contribution in [3.63, 3.8) is 0 Å². The number of rotatable bonds is 3. The molecule has 4 nitrogen and oxygen atoms in total. The van der Waals surface area contributed by atoms with Gasteiger partial charge in [0.1, 0.15) is 11.3 Å². The van der Waals surface area contributed by atoms with Gasteiger partial charge >= 0.3 is 0 Å². The molecule has 1 heterocycles. The van der Waals surface area contributed by atoms with Gasteiger partial charge in [0.25, 0.3) is 5.91 Å². The maximum atomic E-state index is 12.3. The van der Waals surface area contributed by atoms with Gasteiger partial charge in [-0.3, -0.25) is 9.59 Å². The van der Waals surface area contributed by atoms with Crippen LogP contribution in [0.2, 0.25) is 0 Å². The Kier molecular flexibility index (Phi) is 3.93. The van der Waals surface area contributed by atoms with Crippen LogP contribution in [0, 0.1) is 12.8 Å². The highest BCUT2D eigenvalue weighted by Gasteiger charge is 2.40. The number of aliphatic hydroxyl groups excluding tert-OH is 1. The minimum atomic E-state index is -0.532. The van der Waals surface area contributed by atoms with Crippen LogP contribution in [-0.2, 0) is 9.59 Å². The number of carbonyl (C=O) groups is 2. The molecular weight excluding hydrogens is 254 g/mol. The molecule has 2 N–H and O–H groups in total. The van der Waals surface area contributed by atoms with E-state index < -0.39 is 11.9 Å². The van der Waals surface area contributed by atoms with Crippen molar-refractivity contribution in [3.8, 4) is 0 Å². The van der Waals surface area contributed by atoms with Crippen molar-refractivity contribution >= 4 is 17.4 Å². The van der Waals surface area contributed by atoms with Crippen LogP contribution in [0.1, 0.15) is 31.4 Å². The molecular formula is C16H19NO3. The molecule has 0 spiro atoms. The van der Waals surface area contributed by atoms with Crippen LogP contribution in [0.15, 0.2) is 29.8 Å². The van der Waals surface area contributed by atoms with E-state index in [1.54, 1.807) is 12.1 Å². The van der Waals surface area contributed by atoms with Gasteiger partial charge < -0.3 is 10.4 Å². The summed E-state index contributed by atoms with van der Waals surface area (Å²) in [4.78, 5) is 24.2. The van der Waals surface area contributed by atoms with Crippen molar-refractivity contribution in [1.82, 2.24) is 5.32 Å². The molecule has 0 saturated carbocycles. The molecule has 1 aliphatic rings. The number of Topliss-reactive ketones (excluding diaryl/α,β-unsaturated/α-hetero) is 1. The van der Waals surface area contributed by atoms with E-state index in [9.17, 15) is 14.7 Å². The highest BCUT2D eigenvalue weighted by Crippen LogP contribution is 2.25. The van der Waals surface area contributed by atoms with E-state index in [2.05, 4.69) is 5.32 Å². The Labute approximate surface area is 118 Å². The van der Waals surface area contributed by atoms with Crippen molar-refractivity contribution in [2.45, 2.75) is 33.2 Å². The molecule has 1 aromatic rings. The quantitative estimate of drug-likeness (QED) is 0.505. The fourth-order valence-electron chi connectivity index (χ4n) is 2.26. The van der Waals surface area contributed by atoms with Gasteiger partial charge in [-0.05, 0) is 12.8 Å². The first kappa shape index (κ1) is 14.3. The second-order valence-corrected chi connectivity index (χ2v) is 5.29. The molecule has 106 valence electrons. The number of amides is 1. The van der Waals surface area contributed by atoms with E-state index in [1.807, 2.05) is 32.9 Å². The molecule has 0 unspecified atom stereocenters. The van der Waals surface area contributed by atoms with Crippen molar-refractivity contribution in [2.75, 3.05) is 0 Å². The van der Waals surface area contributed by atoms with Crippen molar-refractivity contribution in [2.24, 2.45) is 5.92 Å². The molecule has 4 heteroatoms. The van der Waals surface area contributed by atoms with E-state index in [-0.39, 0.29) is 23.0 Å². The molecule has 2 rings (SSSR count). The Balaban J connectivity index is 2.40. The summed E-state index contributed by atoms with van der Waals surface area (Å²) in [6.45, 7) is 5.81. The van der Waals surface area contributed by atoms with Crippen LogP contribution in [0.5, 0.6) is 0 Å². The predicted octanol–water partition coefficient (Wildman–Crippen LogP) is 2.38. The number of carbonyl (C=O) groups excluding carboxylic acids is 2. The van der Waals surface area contributed by atoms with Crippen LogP contribution >= 0.6 is 0 Å². The van der Waals surface area contributed by atoms with E-state index in [1.165, 1.54) is 0 Å². The molecule has 0 aromatic heterocycles. The number of aryl methyl sites for hydroxylation is 1. The molecule has 0 bridgehead atoms. The number of benzene rings is 1. The maximum absolute atomic E-state index is 12.3. The summed E-state index contributed by atoms with van der Waals surface area (Å²) in [5.41, 5.74) is 1.41. The number of nitrogens with one attached hydrogen (secondary N) is 1. The number of hydrogen-bond donors (Lipinski definition) is 2. The van der Waals surface area contributed by atoms with Gasteiger partial charge in [-0.2, -0.15) is 0 Å². The predicted molar refractivity (Wildman–Crippen MR) is 77.1 cm³/mol. The topological polar surface area (TPSA) is 66.4 Å². The fraction of sp³-hybridized carbons (Fsp3) is 0.375. The first-order chi connectivity index (χ1) is 9.45. The largest absolute Gasteiger partial charge is 0.506 e. The summed E-state index contributed by atoms with van der Waals surface area (Å²) in [5, 5.41) is 12.9. The zero-order valence-corrected chi connectivity index (χ0v) is 11.9. The second kappa shape index (κ2) is 5.49. The number of ketones is 1. The zero-order chi connectivity index (χ0) is 14.9. The molecule has 0 aliphatic carbocycles. The molecule has 1 amide bonds. The first-order valence-corrected chi connectivity index (χ1v) is 6.81. The van der Waals surface area contributed by atoms with Gasteiger partial charge in [0.15, 0.2) is 5.78 Å². The highest BCUT2D eigenvalue weighted by atomic mass is 16.3. The summed E-state index contributed by atoms with van der Waals surface area (Å²) in [6, 6.07) is 6.53. The molecule has 2 atom stereocenters. The first-order valence-electron chi connectivity index (χ1n) is 6.81. The fourth-order valence-corrected chi connectivity index (χ4v) is 2.26. The Hall–Kier alpha value is -2.10. The monoisotopic (exact) mass is 273 g/mol. The van der Waals surface area contributed by atoms with Gasteiger partial charge in [0, 0.05) is 5.56 Å². The van der Waals surface area contributed by atoms with Crippen LogP contribution in [-0.4, -0.2) is 22.8 Å².